The summed E-state index contributed by atoms with van der Waals surface area (Å²) >= 11 is 0. The molecule has 0 amide bonds. The molecule has 0 radical (unpaired) electrons. The van der Waals surface area contributed by atoms with Crippen molar-refractivity contribution in [3.63, 3.8) is 0 Å². The molecular weight excluding hydrogens is 172 g/mol. The molecule has 0 atom stereocenters. The Balaban J connectivity index is 3.75. The summed E-state index contributed by atoms with van der Waals surface area (Å²) < 4.78 is 50.0. The smallest absolute Gasteiger partial charge is 0.360 e. The molecular formula is C2H6F4OSi2. The second-order valence-electron chi connectivity index (χ2n) is 1.72. The van der Waals surface area contributed by atoms with Gasteiger partial charge in [0.25, 0.3) is 0 Å². The Morgan fingerprint density at radius 1 is 0.889 bits per heavy atom. The Labute approximate surface area is 52.6 Å². The molecule has 56 valence electrons. The third kappa shape index (κ3) is 8.11. The van der Waals surface area contributed by atoms with Crippen molar-refractivity contribution >= 4 is 18.0 Å². The first-order chi connectivity index (χ1) is 3.71. The van der Waals surface area contributed by atoms with Gasteiger partial charge in [0.15, 0.2) is 0 Å². The van der Waals surface area contributed by atoms with E-state index in [2.05, 4.69) is 4.12 Å². The van der Waals surface area contributed by atoms with Crippen LogP contribution in [0.2, 0.25) is 13.1 Å². The number of hydrogen-bond acceptors (Lipinski definition) is 1. The van der Waals surface area contributed by atoms with Gasteiger partial charge in [0.05, 0.1) is 0 Å². The quantitative estimate of drug-likeness (QED) is 0.357. The van der Waals surface area contributed by atoms with Crippen LogP contribution in [0.4, 0.5) is 16.4 Å². The van der Waals surface area contributed by atoms with Crippen molar-refractivity contribution in [2.24, 2.45) is 0 Å². The lowest BCUT2D eigenvalue weighted by atomic mass is 11.9. The fourth-order valence-electron chi connectivity index (χ4n) is 0.315. The van der Waals surface area contributed by atoms with E-state index < -0.39 is 18.0 Å². The normalized spacial score (nSPS) is 14.0. The number of hydrogen-bond donors (Lipinski definition) is 0. The highest BCUT2D eigenvalue weighted by atomic mass is 28.5. The van der Waals surface area contributed by atoms with Gasteiger partial charge in [-0.3, -0.25) is 0 Å². The Hall–Kier alpha value is 0.114. The Kier molecular flexibility index (Phi) is 2.42. The first-order valence-corrected chi connectivity index (χ1v) is 6.49. The zero-order valence-corrected chi connectivity index (χ0v) is 6.92. The maximum Gasteiger partial charge on any atom is 0.567 e. The topological polar surface area (TPSA) is 9.23 Å². The molecule has 0 aromatic carbocycles. The minimum Gasteiger partial charge on any atom is -0.360 e. The van der Waals surface area contributed by atoms with E-state index in [9.17, 15) is 16.4 Å². The maximum absolute atomic E-state index is 11.7. The van der Waals surface area contributed by atoms with Crippen LogP contribution in [0, 0.1) is 0 Å². The van der Waals surface area contributed by atoms with E-state index in [-0.39, 0.29) is 0 Å². The average molecular weight is 178 g/mol. The number of halogens is 4. The van der Waals surface area contributed by atoms with E-state index in [0.717, 1.165) is 0 Å². The van der Waals surface area contributed by atoms with Gasteiger partial charge < -0.3 is 4.12 Å². The monoisotopic (exact) mass is 178 g/mol. The largest absolute Gasteiger partial charge is 0.567 e. The van der Waals surface area contributed by atoms with Crippen LogP contribution in [0.15, 0.2) is 0 Å². The molecule has 0 saturated carbocycles. The van der Waals surface area contributed by atoms with E-state index in [1.54, 1.807) is 0 Å². The highest BCUT2D eigenvalue weighted by molar-refractivity contribution is 6.72. The molecule has 0 aliphatic rings. The molecule has 0 aromatic rings. The lowest BCUT2D eigenvalue weighted by Crippen LogP contribution is -2.36. The first-order valence-electron chi connectivity index (χ1n) is 2.16. The zero-order valence-electron chi connectivity index (χ0n) is 4.92. The molecule has 0 aromatic heterocycles. The molecule has 0 spiro atoms. The lowest BCUT2D eigenvalue weighted by molar-refractivity contribution is 0.305. The minimum absolute atomic E-state index is 0.428. The second kappa shape index (κ2) is 2.39. The lowest BCUT2D eigenvalue weighted by Gasteiger charge is -2.11. The summed E-state index contributed by atoms with van der Waals surface area (Å²) in [7, 11) is -9.96. The molecule has 7 heteroatoms. The van der Waals surface area contributed by atoms with E-state index in [0.29, 0.717) is 13.1 Å². The highest BCUT2D eigenvalue weighted by Gasteiger charge is 2.44. The molecule has 1 nitrogen and oxygen atoms in total. The van der Waals surface area contributed by atoms with Crippen molar-refractivity contribution in [1.82, 2.24) is 0 Å². The molecule has 0 aliphatic heterocycles. The molecule has 0 aliphatic carbocycles. The van der Waals surface area contributed by atoms with Crippen LogP contribution in [-0.4, -0.2) is 18.0 Å². The second-order valence-corrected chi connectivity index (χ2v) is 5.77. The summed E-state index contributed by atoms with van der Waals surface area (Å²) in [5.41, 5.74) is 0. The predicted octanol–water partition coefficient (Wildman–Crippen LogP) is 2.02. The van der Waals surface area contributed by atoms with Crippen molar-refractivity contribution < 1.29 is 20.5 Å². The van der Waals surface area contributed by atoms with Crippen LogP contribution in [0.1, 0.15) is 0 Å². The van der Waals surface area contributed by atoms with Crippen LogP contribution < -0.4 is 0 Å². The van der Waals surface area contributed by atoms with E-state index in [4.69, 9.17) is 0 Å². The summed E-state index contributed by atoms with van der Waals surface area (Å²) in [6.45, 7) is 0.856. The standard InChI is InChI=1S/C2H6F4OSi2/c1-8(3,4)7-9(2,5)6/h1-2H3. The van der Waals surface area contributed by atoms with Crippen molar-refractivity contribution in [3.8, 4) is 0 Å². The average Bonchev–Trinajstić information content (AvgIpc) is 1.14. The molecule has 0 fully saturated rings. The summed E-state index contributed by atoms with van der Waals surface area (Å²) in [6, 6.07) is 0. The molecule has 0 saturated heterocycles. The van der Waals surface area contributed by atoms with E-state index >= 15 is 0 Å². The van der Waals surface area contributed by atoms with Crippen molar-refractivity contribution in [2.45, 2.75) is 13.1 Å². The maximum atomic E-state index is 11.7. The van der Waals surface area contributed by atoms with Gasteiger partial charge in [-0.05, 0) is 0 Å². The number of rotatable bonds is 2. The Morgan fingerprint density at radius 2 is 1.11 bits per heavy atom. The van der Waals surface area contributed by atoms with Crippen LogP contribution in [0.3, 0.4) is 0 Å². The molecule has 0 N–H and O–H groups in total. The molecule has 0 heterocycles. The summed E-state index contributed by atoms with van der Waals surface area (Å²) in [5, 5.41) is 0. The third-order valence-electron chi connectivity index (χ3n) is 0.358. The predicted molar refractivity (Wildman–Crippen MR) is 28.8 cm³/mol. The summed E-state index contributed by atoms with van der Waals surface area (Å²) in [4.78, 5) is 0. The summed E-state index contributed by atoms with van der Waals surface area (Å²) in [5.74, 6) is 0. The fraction of sp³-hybridized carbons (Fsp3) is 1.00. The van der Waals surface area contributed by atoms with Crippen LogP contribution in [0.5, 0.6) is 0 Å². The van der Waals surface area contributed by atoms with Gasteiger partial charge >= 0.3 is 18.0 Å². The molecule has 9 heavy (non-hydrogen) atoms. The highest BCUT2D eigenvalue weighted by Crippen LogP contribution is 2.17. The SMILES string of the molecule is C[Si](F)(F)O[Si](C)(F)F. The van der Waals surface area contributed by atoms with Crippen molar-refractivity contribution in [3.05, 3.63) is 0 Å². The first kappa shape index (κ1) is 9.11. The van der Waals surface area contributed by atoms with Gasteiger partial charge in [-0.15, -0.1) is 0 Å². The van der Waals surface area contributed by atoms with Gasteiger partial charge in [0.2, 0.25) is 0 Å². The van der Waals surface area contributed by atoms with Crippen LogP contribution >= 0.6 is 0 Å². The Bertz CT molecular complexity index is 81.7. The molecule has 0 unspecified atom stereocenters. The van der Waals surface area contributed by atoms with Gasteiger partial charge in [-0.2, -0.15) is 0 Å². The van der Waals surface area contributed by atoms with Gasteiger partial charge in [0.1, 0.15) is 0 Å². The Morgan fingerprint density at radius 3 is 1.11 bits per heavy atom. The summed E-state index contributed by atoms with van der Waals surface area (Å²) in [6.07, 6.45) is 0. The van der Waals surface area contributed by atoms with Crippen molar-refractivity contribution in [1.29, 1.82) is 0 Å². The van der Waals surface area contributed by atoms with E-state index in [1.807, 2.05) is 0 Å². The third-order valence-corrected chi connectivity index (χ3v) is 3.23. The fourth-order valence-corrected chi connectivity index (χ4v) is 2.83. The molecule has 0 bridgehead atoms. The molecule has 0 rings (SSSR count). The zero-order chi connectivity index (χ0) is 7.71. The minimum atomic E-state index is -4.98. The van der Waals surface area contributed by atoms with E-state index in [1.165, 1.54) is 0 Å². The van der Waals surface area contributed by atoms with Gasteiger partial charge in [0, 0.05) is 13.1 Å². The van der Waals surface area contributed by atoms with Crippen molar-refractivity contribution in [2.75, 3.05) is 0 Å². The van der Waals surface area contributed by atoms with Crippen LogP contribution in [-0.2, 0) is 4.12 Å². The van der Waals surface area contributed by atoms with Crippen LogP contribution in [0.25, 0.3) is 0 Å². The van der Waals surface area contributed by atoms with Gasteiger partial charge in [-0.1, -0.05) is 0 Å². The van der Waals surface area contributed by atoms with Gasteiger partial charge in [-0.25, -0.2) is 16.4 Å².